The average molecular weight is 245 g/mol. The number of nitrogens with zero attached hydrogens (tertiary/aromatic N) is 2. The molecule has 0 spiro atoms. The Morgan fingerprint density at radius 1 is 1.50 bits per heavy atom. The lowest BCUT2D eigenvalue weighted by molar-refractivity contribution is 0.0990. The number of thiophene rings is 1. The fourth-order valence-electron chi connectivity index (χ4n) is 0.983. The Morgan fingerprint density at radius 3 is 2.93 bits per heavy atom. The minimum atomic E-state index is -0.0164. The van der Waals surface area contributed by atoms with Gasteiger partial charge < -0.3 is 0 Å². The second-order valence-corrected chi connectivity index (χ2v) is 4.95. The predicted molar refractivity (Wildman–Crippen MR) is 57.3 cm³/mol. The summed E-state index contributed by atoms with van der Waals surface area (Å²) in [5.74, 6) is -0.0164. The number of halogens is 1. The van der Waals surface area contributed by atoms with Crippen molar-refractivity contribution >= 4 is 40.4 Å². The Kier molecular flexibility index (Phi) is 2.90. The monoisotopic (exact) mass is 244 g/mol. The lowest BCUT2D eigenvalue weighted by Crippen LogP contribution is -2.01. The molecular formula is C8H5ClN2OS2. The maximum Gasteiger partial charge on any atom is 0.189 e. The number of Topliss-reactive ketones (excluding diaryl/α,β-unsaturated/α-hetero) is 1. The molecule has 0 saturated carbocycles. The zero-order valence-corrected chi connectivity index (χ0v) is 9.33. The molecule has 0 bridgehead atoms. The Labute approximate surface area is 93.7 Å². The fourth-order valence-corrected chi connectivity index (χ4v) is 2.50. The molecule has 72 valence electrons. The van der Waals surface area contributed by atoms with Crippen molar-refractivity contribution in [2.24, 2.45) is 0 Å². The smallest absolute Gasteiger partial charge is 0.189 e. The number of ketones is 1. The molecule has 2 aromatic rings. The Bertz CT molecular complexity index is 438. The average Bonchev–Trinajstić information content (AvgIpc) is 2.75. The van der Waals surface area contributed by atoms with Gasteiger partial charge in [-0.1, -0.05) is 11.6 Å². The SMILES string of the molecule is O=C(Cc1ccc(Cl)s1)c1cnsn1. The van der Waals surface area contributed by atoms with Crippen molar-refractivity contribution in [2.45, 2.75) is 6.42 Å². The first-order valence-electron chi connectivity index (χ1n) is 3.80. The predicted octanol–water partition coefficient (Wildman–Crippen LogP) is 2.68. The Morgan fingerprint density at radius 2 is 2.36 bits per heavy atom. The molecule has 2 rings (SSSR count). The van der Waals surface area contributed by atoms with Crippen molar-refractivity contribution in [3.8, 4) is 0 Å². The van der Waals surface area contributed by atoms with E-state index >= 15 is 0 Å². The molecule has 0 atom stereocenters. The molecule has 0 amide bonds. The Balaban J connectivity index is 2.09. The van der Waals surface area contributed by atoms with Gasteiger partial charge in [0.2, 0.25) is 0 Å². The summed E-state index contributed by atoms with van der Waals surface area (Å²) in [6, 6.07) is 3.64. The standard InChI is InChI=1S/C8H5ClN2OS2/c9-8-2-1-5(13-8)3-7(12)6-4-10-14-11-6/h1-2,4H,3H2. The molecule has 0 aliphatic heterocycles. The van der Waals surface area contributed by atoms with Gasteiger partial charge in [0.05, 0.1) is 22.3 Å². The van der Waals surface area contributed by atoms with Crippen LogP contribution in [0.15, 0.2) is 18.3 Å². The van der Waals surface area contributed by atoms with E-state index in [1.54, 1.807) is 6.07 Å². The van der Waals surface area contributed by atoms with Crippen LogP contribution >= 0.6 is 34.7 Å². The van der Waals surface area contributed by atoms with E-state index < -0.39 is 0 Å². The van der Waals surface area contributed by atoms with Crippen LogP contribution in [0.2, 0.25) is 4.34 Å². The van der Waals surface area contributed by atoms with Crippen LogP contribution in [0.4, 0.5) is 0 Å². The molecular weight excluding hydrogens is 240 g/mol. The lowest BCUT2D eigenvalue weighted by Gasteiger charge is -1.91. The van der Waals surface area contributed by atoms with E-state index in [1.807, 2.05) is 6.07 Å². The van der Waals surface area contributed by atoms with Gasteiger partial charge in [-0.15, -0.1) is 11.3 Å². The highest BCUT2D eigenvalue weighted by atomic mass is 35.5. The largest absolute Gasteiger partial charge is 0.292 e. The van der Waals surface area contributed by atoms with Crippen molar-refractivity contribution in [3.63, 3.8) is 0 Å². The maximum absolute atomic E-state index is 11.6. The summed E-state index contributed by atoms with van der Waals surface area (Å²) in [7, 11) is 0. The second kappa shape index (κ2) is 4.16. The molecule has 0 aliphatic rings. The van der Waals surface area contributed by atoms with E-state index in [2.05, 4.69) is 8.75 Å². The zero-order valence-electron chi connectivity index (χ0n) is 6.94. The first-order valence-corrected chi connectivity index (χ1v) is 5.73. The quantitative estimate of drug-likeness (QED) is 0.780. The molecule has 0 N–H and O–H groups in total. The van der Waals surface area contributed by atoms with E-state index in [-0.39, 0.29) is 5.78 Å². The first-order chi connectivity index (χ1) is 6.75. The molecule has 14 heavy (non-hydrogen) atoms. The summed E-state index contributed by atoms with van der Waals surface area (Å²) >= 11 is 8.20. The zero-order chi connectivity index (χ0) is 9.97. The molecule has 2 aromatic heterocycles. The van der Waals surface area contributed by atoms with Crippen LogP contribution in [0.3, 0.4) is 0 Å². The highest BCUT2D eigenvalue weighted by molar-refractivity contribution is 7.16. The van der Waals surface area contributed by atoms with Gasteiger partial charge in [0.15, 0.2) is 5.78 Å². The lowest BCUT2D eigenvalue weighted by atomic mass is 10.2. The van der Waals surface area contributed by atoms with Gasteiger partial charge in [0.1, 0.15) is 5.69 Å². The van der Waals surface area contributed by atoms with Crippen LogP contribution in [0, 0.1) is 0 Å². The minimum absolute atomic E-state index is 0.0164. The number of aromatic nitrogens is 2. The minimum Gasteiger partial charge on any atom is -0.292 e. The number of carbonyl (C=O) groups excluding carboxylic acids is 1. The number of hydrogen-bond acceptors (Lipinski definition) is 5. The molecule has 0 unspecified atom stereocenters. The van der Waals surface area contributed by atoms with Crippen LogP contribution in [0.25, 0.3) is 0 Å². The third-order valence-corrected chi connectivity index (χ3v) is 3.32. The molecule has 3 nitrogen and oxygen atoms in total. The van der Waals surface area contributed by atoms with Gasteiger partial charge in [-0.2, -0.15) is 8.75 Å². The number of carbonyl (C=O) groups is 1. The van der Waals surface area contributed by atoms with Crippen molar-refractivity contribution in [3.05, 3.63) is 33.2 Å². The third kappa shape index (κ3) is 2.17. The van der Waals surface area contributed by atoms with Gasteiger partial charge >= 0.3 is 0 Å². The van der Waals surface area contributed by atoms with Gasteiger partial charge in [0.25, 0.3) is 0 Å². The van der Waals surface area contributed by atoms with Gasteiger partial charge in [-0.25, -0.2) is 0 Å². The summed E-state index contributed by atoms with van der Waals surface area (Å²) in [4.78, 5) is 12.5. The molecule has 0 aliphatic carbocycles. The first kappa shape index (κ1) is 9.76. The van der Waals surface area contributed by atoms with Gasteiger partial charge in [-0.3, -0.25) is 4.79 Å². The topological polar surface area (TPSA) is 42.9 Å². The maximum atomic E-state index is 11.6. The van der Waals surface area contributed by atoms with Crippen LogP contribution < -0.4 is 0 Å². The van der Waals surface area contributed by atoms with E-state index in [0.717, 1.165) is 16.6 Å². The van der Waals surface area contributed by atoms with Crippen LogP contribution in [0.5, 0.6) is 0 Å². The summed E-state index contributed by atoms with van der Waals surface area (Å²) in [5.41, 5.74) is 0.430. The molecule has 0 saturated heterocycles. The summed E-state index contributed by atoms with van der Waals surface area (Å²) in [5, 5.41) is 0. The second-order valence-electron chi connectivity index (χ2n) is 2.60. The van der Waals surface area contributed by atoms with Crippen molar-refractivity contribution in [2.75, 3.05) is 0 Å². The highest BCUT2D eigenvalue weighted by Crippen LogP contribution is 2.22. The fraction of sp³-hybridized carbons (Fsp3) is 0.125. The highest BCUT2D eigenvalue weighted by Gasteiger charge is 2.10. The van der Waals surface area contributed by atoms with E-state index in [1.165, 1.54) is 17.5 Å². The number of rotatable bonds is 3. The van der Waals surface area contributed by atoms with E-state index in [9.17, 15) is 4.79 Å². The van der Waals surface area contributed by atoms with Crippen molar-refractivity contribution < 1.29 is 4.79 Å². The number of hydrogen-bond donors (Lipinski definition) is 0. The van der Waals surface area contributed by atoms with Crippen LogP contribution in [-0.4, -0.2) is 14.5 Å². The molecule has 0 aromatic carbocycles. The van der Waals surface area contributed by atoms with Crippen LogP contribution in [-0.2, 0) is 6.42 Å². The van der Waals surface area contributed by atoms with Crippen molar-refractivity contribution in [1.29, 1.82) is 0 Å². The van der Waals surface area contributed by atoms with Crippen LogP contribution in [0.1, 0.15) is 15.4 Å². The summed E-state index contributed by atoms with van der Waals surface area (Å²) in [6.45, 7) is 0. The third-order valence-electron chi connectivity index (χ3n) is 1.61. The molecule has 2 heterocycles. The van der Waals surface area contributed by atoms with Gasteiger partial charge in [0, 0.05) is 11.3 Å². The molecule has 0 fully saturated rings. The van der Waals surface area contributed by atoms with Gasteiger partial charge in [-0.05, 0) is 12.1 Å². The van der Waals surface area contributed by atoms with E-state index in [0.29, 0.717) is 16.5 Å². The summed E-state index contributed by atoms with van der Waals surface area (Å²) < 4.78 is 8.35. The Hall–Kier alpha value is -0.780. The van der Waals surface area contributed by atoms with Crippen molar-refractivity contribution in [1.82, 2.24) is 8.75 Å². The molecule has 0 radical (unpaired) electrons. The summed E-state index contributed by atoms with van der Waals surface area (Å²) in [6.07, 6.45) is 1.84. The normalized spacial score (nSPS) is 10.4. The van der Waals surface area contributed by atoms with E-state index in [4.69, 9.17) is 11.6 Å². The molecule has 6 heteroatoms.